The number of aliphatic imine (C=N–C) groups is 1. The molecule has 2 N–H and O–H groups in total. The molecular formula is C20H15ClFN5O2S. The normalized spacial score (nSPS) is 11.6. The van der Waals surface area contributed by atoms with Crippen molar-refractivity contribution in [3.05, 3.63) is 83.4 Å². The van der Waals surface area contributed by atoms with Crippen molar-refractivity contribution in [2.45, 2.75) is 16.3 Å². The number of hydrogen-bond acceptors (Lipinski definition) is 5. The minimum Gasteiger partial charge on any atom is -0.351 e. The maximum Gasteiger partial charge on any atom is 0.212 e. The van der Waals surface area contributed by atoms with E-state index in [4.69, 9.17) is 16.9 Å². The summed E-state index contributed by atoms with van der Waals surface area (Å²) in [7, 11) is -3.91. The molecule has 0 aliphatic rings. The molecule has 2 aromatic carbocycles. The highest BCUT2D eigenvalue weighted by Crippen LogP contribution is 2.25. The van der Waals surface area contributed by atoms with Gasteiger partial charge >= 0.3 is 0 Å². The molecule has 0 aliphatic heterocycles. The summed E-state index contributed by atoms with van der Waals surface area (Å²) in [6.45, 7) is 0.282. The molecule has 0 saturated heterocycles. The predicted octanol–water partition coefficient (Wildman–Crippen LogP) is 3.75. The van der Waals surface area contributed by atoms with Crippen LogP contribution in [0.5, 0.6) is 0 Å². The molecule has 152 valence electrons. The Labute approximate surface area is 177 Å². The molecule has 1 aromatic heterocycles. The molecule has 3 aromatic rings. The lowest BCUT2D eigenvalue weighted by Crippen LogP contribution is -2.30. The number of anilines is 1. The number of rotatable bonds is 5. The van der Waals surface area contributed by atoms with E-state index in [2.05, 4.69) is 20.6 Å². The van der Waals surface area contributed by atoms with Crippen molar-refractivity contribution in [3.8, 4) is 6.19 Å². The second kappa shape index (κ2) is 9.35. The molecule has 10 heteroatoms. The SMILES string of the molecule is N#C/N=C(\NCc1ccc(S(=O)(=O)c2cc(F)cc(Cl)c2)cc1)Nc1ccncc1. The van der Waals surface area contributed by atoms with Crippen LogP contribution in [0.1, 0.15) is 5.56 Å². The van der Waals surface area contributed by atoms with Gasteiger partial charge in [-0.05, 0) is 48.0 Å². The topological polar surface area (TPSA) is 107 Å². The number of nitrogens with one attached hydrogen (secondary N) is 2. The Morgan fingerprint density at radius 1 is 1.10 bits per heavy atom. The standard InChI is InChI=1S/C20H15ClFN5O2S/c21-15-9-16(22)11-19(10-15)30(28,29)18-3-1-14(2-4-18)12-25-20(26-13-23)27-17-5-7-24-8-6-17/h1-11H,12H2,(H2,24,25,26,27). The number of nitrogens with zero attached hydrogens (tertiary/aromatic N) is 3. The van der Waals surface area contributed by atoms with E-state index in [1.54, 1.807) is 42.9 Å². The third-order valence-corrected chi connectivity index (χ3v) is 5.91. The summed E-state index contributed by atoms with van der Waals surface area (Å²) in [5.41, 5.74) is 1.44. The molecule has 0 unspecified atom stereocenters. The summed E-state index contributed by atoms with van der Waals surface area (Å²) in [5.74, 6) is -0.497. The van der Waals surface area contributed by atoms with Crippen molar-refractivity contribution in [1.82, 2.24) is 10.3 Å². The van der Waals surface area contributed by atoms with Gasteiger partial charge in [-0.3, -0.25) is 4.98 Å². The Hall–Kier alpha value is -3.48. The van der Waals surface area contributed by atoms with Gasteiger partial charge in [0.05, 0.1) is 9.79 Å². The monoisotopic (exact) mass is 443 g/mol. The molecule has 0 amide bonds. The maximum absolute atomic E-state index is 13.5. The number of halogens is 2. The van der Waals surface area contributed by atoms with Gasteiger partial charge in [0.25, 0.3) is 0 Å². The van der Waals surface area contributed by atoms with Crippen LogP contribution in [0.4, 0.5) is 10.1 Å². The van der Waals surface area contributed by atoms with Crippen LogP contribution in [0.15, 0.2) is 81.8 Å². The highest BCUT2D eigenvalue weighted by Gasteiger charge is 2.19. The quantitative estimate of drug-likeness (QED) is 0.353. The summed E-state index contributed by atoms with van der Waals surface area (Å²) < 4.78 is 38.9. The molecule has 7 nitrogen and oxygen atoms in total. The van der Waals surface area contributed by atoms with E-state index < -0.39 is 15.7 Å². The molecule has 0 fully saturated rings. The number of sulfone groups is 1. The first-order chi connectivity index (χ1) is 14.4. The average Bonchev–Trinajstić information content (AvgIpc) is 2.72. The van der Waals surface area contributed by atoms with Crippen molar-refractivity contribution < 1.29 is 12.8 Å². The minimum absolute atomic E-state index is 0.000372. The highest BCUT2D eigenvalue weighted by atomic mass is 35.5. The first-order valence-electron chi connectivity index (χ1n) is 8.56. The third-order valence-electron chi connectivity index (χ3n) is 3.94. The van der Waals surface area contributed by atoms with Gasteiger partial charge < -0.3 is 10.6 Å². The lowest BCUT2D eigenvalue weighted by molar-refractivity contribution is 0.591. The van der Waals surface area contributed by atoms with E-state index >= 15 is 0 Å². The van der Waals surface area contributed by atoms with Crippen LogP contribution in [-0.2, 0) is 16.4 Å². The zero-order valence-electron chi connectivity index (χ0n) is 15.4. The van der Waals surface area contributed by atoms with E-state index in [9.17, 15) is 12.8 Å². The molecule has 3 rings (SSSR count). The van der Waals surface area contributed by atoms with Gasteiger partial charge in [0.2, 0.25) is 22.0 Å². The van der Waals surface area contributed by atoms with E-state index in [-0.39, 0.29) is 27.3 Å². The molecule has 0 radical (unpaired) electrons. The summed E-state index contributed by atoms with van der Waals surface area (Å²) in [6.07, 6.45) is 4.90. The molecule has 0 atom stereocenters. The number of hydrogen-bond donors (Lipinski definition) is 2. The zero-order valence-corrected chi connectivity index (χ0v) is 17.0. The van der Waals surface area contributed by atoms with E-state index in [1.807, 2.05) is 0 Å². The van der Waals surface area contributed by atoms with Gasteiger partial charge in [-0.1, -0.05) is 23.7 Å². The van der Waals surface area contributed by atoms with E-state index in [1.165, 1.54) is 18.2 Å². The van der Waals surface area contributed by atoms with Gasteiger partial charge in [0.1, 0.15) is 5.82 Å². The van der Waals surface area contributed by atoms with Gasteiger partial charge in [-0.15, -0.1) is 4.99 Å². The van der Waals surface area contributed by atoms with E-state index in [0.717, 1.165) is 17.7 Å². The van der Waals surface area contributed by atoms with Crippen LogP contribution in [0, 0.1) is 17.3 Å². The molecular weight excluding hydrogens is 429 g/mol. The van der Waals surface area contributed by atoms with Gasteiger partial charge in [0.15, 0.2) is 0 Å². The third kappa shape index (κ3) is 5.31. The number of benzene rings is 2. The number of pyridine rings is 1. The van der Waals surface area contributed by atoms with E-state index in [0.29, 0.717) is 5.69 Å². The summed E-state index contributed by atoms with van der Waals surface area (Å²) >= 11 is 5.77. The zero-order chi connectivity index (χ0) is 21.6. The Morgan fingerprint density at radius 2 is 1.80 bits per heavy atom. The van der Waals surface area contributed by atoms with Gasteiger partial charge in [0, 0.05) is 29.6 Å². The molecule has 0 bridgehead atoms. The molecule has 1 heterocycles. The molecule has 0 spiro atoms. The minimum atomic E-state index is -3.91. The van der Waals surface area contributed by atoms with Crippen LogP contribution < -0.4 is 10.6 Å². The Morgan fingerprint density at radius 3 is 2.43 bits per heavy atom. The first-order valence-corrected chi connectivity index (χ1v) is 10.4. The Kier molecular flexibility index (Phi) is 6.61. The summed E-state index contributed by atoms with van der Waals surface area (Å²) in [6, 6.07) is 12.6. The maximum atomic E-state index is 13.5. The van der Waals surface area contributed by atoms with Gasteiger partial charge in [-0.25, -0.2) is 12.8 Å². The molecule has 30 heavy (non-hydrogen) atoms. The highest BCUT2D eigenvalue weighted by molar-refractivity contribution is 7.91. The second-order valence-corrected chi connectivity index (χ2v) is 8.41. The second-order valence-electron chi connectivity index (χ2n) is 6.03. The Balaban J connectivity index is 1.72. The fourth-order valence-corrected chi connectivity index (χ4v) is 4.13. The van der Waals surface area contributed by atoms with Crippen molar-refractivity contribution in [1.29, 1.82) is 5.26 Å². The summed E-state index contributed by atoms with van der Waals surface area (Å²) in [5, 5.41) is 14.8. The fourth-order valence-electron chi connectivity index (χ4n) is 2.53. The lowest BCUT2D eigenvalue weighted by Gasteiger charge is -2.11. The number of guanidine groups is 1. The first kappa shape index (κ1) is 21.2. The molecule has 0 saturated carbocycles. The van der Waals surface area contributed by atoms with Crippen LogP contribution in [0.3, 0.4) is 0 Å². The van der Waals surface area contributed by atoms with Crippen LogP contribution >= 0.6 is 11.6 Å². The number of nitriles is 1. The predicted molar refractivity (Wildman–Crippen MR) is 111 cm³/mol. The van der Waals surface area contributed by atoms with Crippen molar-refractivity contribution in [3.63, 3.8) is 0 Å². The average molecular weight is 444 g/mol. The smallest absolute Gasteiger partial charge is 0.212 e. The number of aromatic nitrogens is 1. The lowest BCUT2D eigenvalue weighted by atomic mass is 10.2. The van der Waals surface area contributed by atoms with Crippen LogP contribution in [0.2, 0.25) is 5.02 Å². The fraction of sp³-hybridized carbons (Fsp3) is 0.0500. The molecule has 0 aliphatic carbocycles. The Bertz CT molecular complexity index is 1190. The summed E-state index contributed by atoms with van der Waals surface area (Å²) in [4.78, 5) is 7.38. The van der Waals surface area contributed by atoms with Crippen LogP contribution in [0.25, 0.3) is 0 Å². The van der Waals surface area contributed by atoms with Gasteiger partial charge in [-0.2, -0.15) is 5.26 Å². The van der Waals surface area contributed by atoms with Crippen molar-refractivity contribution in [2.75, 3.05) is 5.32 Å². The van der Waals surface area contributed by atoms with Crippen LogP contribution in [-0.4, -0.2) is 19.4 Å². The van der Waals surface area contributed by atoms with Crippen molar-refractivity contribution >= 4 is 33.1 Å². The largest absolute Gasteiger partial charge is 0.351 e. The van der Waals surface area contributed by atoms with Crippen molar-refractivity contribution in [2.24, 2.45) is 4.99 Å².